The van der Waals surface area contributed by atoms with Gasteiger partial charge in [0.25, 0.3) is 0 Å². The highest BCUT2D eigenvalue weighted by atomic mass is 16.1. The summed E-state index contributed by atoms with van der Waals surface area (Å²) < 4.78 is 0. The lowest BCUT2D eigenvalue weighted by Crippen LogP contribution is -2.51. The summed E-state index contributed by atoms with van der Waals surface area (Å²) in [4.78, 5) is 21.4. The number of rotatable bonds is 1. The Kier molecular flexibility index (Phi) is 4.19. The second-order valence-corrected chi connectivity index (χ2v) is 10.3. The van der Waals surface area contributed by atoms with E-state index in [-0.39, 0.29) is 11.3 Å². The standard InChI is InChI=1S/C24H33N3O/c1-15-13-25-14-21(27-15)20-7-6-18-17-5-4-16-12-22(28)26-11-10-23(16,2)19(17)8-9-24(18,20)3/h7,13-14,16-19H,4-6,8-12H2,1-3H3,(H,26,28). The van der Waals surface area contributed by atoms with E-state index in [2.05, 4.69) is 30.2 Å². The van der Waals surface area contributed by atoms with Gasteiger partial charge in [0.05, 0.1) is 17.6 Å². The van der Waals surface area contributed by atoms with Crippen LogP contribution in [-0.4, -0.2) is 22.4 Å². The maximum atomic E-state index is 12.2. The fourth-order valence-corrected chi connectivity index (χ4v) is 7.58. The van der Waals surface area contributed by atoms with Gasteiger partial charge in [0.1, 0.15) is 0 Å². The third-order valence-electron chi connectivity index (χ3n) is 9.09. The summed E-state index contributed by atoms with van der Waals surface area (Å²) in [6, 6.07) is 0. The molecule has 1 aromatic rings. The van der Waals surface area contributed by atoms with Crippen LogP contribution in [0.3, 0.4) is 0 Å². The van der Waals surface area contributed by atoms with Gasteiger partial charge in [-0.25, -0.2) is 0 Å². The minimum absolute atomic E-state index is 0.228. The predicted molar refractivity (Wildman–Crippen MR) is 110 cm³/mol. The van der Waals surface area contributed by atoms with E-state index in [9.17, 15) is 4.79 Å². The SMILES string of the molecule is Cc1cncc(C2=CCC3C4CCC5CC(=O)NCCC5(C)C4CCC23C)n1. The number of aromatic nitrogens is 2. The van der Waals surface area contributed by atoms with Crippen molar-refractivity contribution >= 4 is 11.5 Å². The van der Waals surface area contributed by atoms with Gasteiger partial charge in [0.2, 0.25) is 5.91 Å². The molecule has 4 heteroatoms. The lowest BCUT2D eigenvalue weighted by molar-refractivity contribution is -0.124. The summed E-state index contributed by atoms with van der Waals surface area (Å²) in [6.07, 6.45) is 14.4. The highest BCUT2D eigenvalue weighted by molar-refractivity contribution is 5.76. The average molecular weight is 380 g/mol. The fourth-order valence-electron chi connectivity index (χ4n) is 7.58. The molecule has 4 aliphatic rings. The van der Waals surface area contributed by atoms with Crippen LogP contribution in [0.2, 0.25) is 0 Å². The molecule has 1 saturated heterocycles. The summed E-state index contributed by atoms with van der Waals surface area (Å²) >= 11 is 0. The van der Waals surface area contributed by atoms with Gasteiger partial charge in [-0.15, -0.1) is 0 Å². The number of carbonyl (C=O) groups is 1. The van der Waals surface area contributed by atoms with E-state index < -0.39 is 0 Å². The fraction of sp³-hybridized carbons (Fsp3) is 0.708. The molecule has 0 radical (unpaired) electrons. The maximum absolute atomic E-state index is 12.2. The molecule has 28 heavy (non-hydrogen) atoms. The van der Waals surface area contributed by atoms with Crippen molar-refractivity contribution in [3.05, 3.63) is 29.9 Å². The van der Waals surface area contributed by atoms with Gasteiger partial charge in [0.15, 0.2) is 0 Å². The van der Waals surface area contributed by atoms with Crippen molar-refractivity contribution in [2.45, 2.75) is 65.7 Å². The Bertz CT molecular complexity index is 833. The van der Waals surface area contributed by atoms with Gasteiger partial charge in [-0.2, -0.15) is 0 Å². The first-order chi connectivity index (χ1) is 13.4. The van der Waals surface area contributed by atoms with E-state index in [1.165, 1.54) is 37.7 Å². The molecular weight excluding hydrogens is 346 g/mol. The Morgan fingerprint density at radius 1 is 1.11 bits per heavy atom. The molecule has 150 valence electrons. The summed E-state index contributed by atoms with van der Waals surface area (Å²) in [7, 11) is 0. The van der Waals surface area contributed by atoms with Crippen LogP contribution in [-0.2, 0) is 4.79 Å². The molecule has 0 bridgehead atoms. The molecule has 4 nitrogen and oxygen atoms in total. The van der Waals surface area contributed by atoms with Gasteiger partial charge >= 0.3 is 0 Å². The van der Waals surface area contributed by atoms with Gasteiger partial charge in [-0.05, 0) is 85.5 Å². The molecule has 5 rings (SSSR count). The first kappa shape index (κ1) is 18.3. The highest BCUT2D eigenvalue weighted by Crippen LogP contribution is 2.66. The van der Waals surface area contributed by atoms with E-state index in [1.807, 2.05) is 19.3 Å². The molecule has 3 aliphatic carbocycles. The molecule has 1 N–H and O–H groups in total. The number of carbonyl (C=O) groups excluding carboxylic acids is 1. The van der Waals surface area contributed by atoms with Crippen molar-refractivity contribution in [3.63, 3.8) is 0 Å². The maximum Gasteiger partial charge on any atom is 0.220 e. The van der Waals surface area contributed by atoms with Crippen molar-refractivity contribution in [1.82, 2.24) is 15.3 Å². The molecule has 2 saturated carbocycles. The second kappa shape index (κ2) is 6.40. The Balaban J connectivity index is 1.45. The number of amides is 1. The minimum Gasteiger partial charge on any atom is -0.356 e. The Morgan fingerprint density at radius 3 is 2.79 bits per heavy atom. The summed E-state index contributed by atoms with van der Waals surface area (Å²) in [5, 5.41) is 3.14. The first-order valence-electron chi connectivity index (χ1n) is 11.2. The quantitative estimate of drug-likeness (QED) is 0.779. The predicted octanol–water partition coefficient (Wildman–Crippen LogP) is 4.55. The number of fused-ring (bicyclic) bond motifs is 5. The van der Waals surface area contributed by atoms with Gasteiger partial charge in [-0.1, -0.05) is 19.9 Å². The third kappa shape index (κ3) is 2.59. The molecule has 6 unspecified atom stereocenters. The number of hydrogen-bond acceptors (Lipinski definition) is 3. The number of nitrogens with one attached hydrogen (secondary N) is 1. The van der Waals surface area contributed by atoms with Crippen LogP contribution in [0.1, 0.15) is 70.2 Å². The molecular formula is C24H33N3O. The zero-order valence-electron chi connectivity index (χ0n) is 17.5. The highest BCUT2D eigenvalue weighted by Gasteiger charge is 2.58. The van der Waals surface area contributed by atoms with E-state index >= 15 is 0 Å². The lowest BCUT2D eigenvalue weighted by Gasteiger charge is -2.58. The molecule has 1 aliphatic heterocycles. The van der Waals surface area contributed by atoms with Crippen LogP contribution in [0, 0.1) is 41.4 Å². The Hall–Kier alpha value is -1.71. The van der Waals surface area contributed by atoms with Gasteiger partial charge in [0, 0.05) is 19.2 Å². The van der Waals surface area contributed by atoms with E-state index in [4.69, 9.17) is 4.98 Å². The number of nitrogens with zero attached hydrogens (tertiary/aromatic N) is 2. The smallest absolute Gasteiger partial charge is 0.220 e. The van der Waals surface area contributed by atoms with Gasteiger partial charge in [-0.3, -0.25) is 14.8 Å². The number of hydrogen-bond donors (Lipinski definition) is 1. The largest absolute Gasteiger partial charge is 0.356 e. The third-order valence-corrected chi connectivity index (χ3v) is 9.09. The van der Waals surface area contributed by atoms with E-state index in [0.717, 1.165) is 42.6 Å². The average Bonchev–Trinajstić information content (AvgIpc) is 2.93. The monoisotopic (exact) mass is 379 g/mol. The Labute approximate surface area is 168 Å². The second-order valence-electron chi connectivity index (χ2n) is 10.3. The zero-order valence-corrected chi connectivity index (χ0v) is 17.5. The molecule has 1 aromatic heterocycles. The van der Waals surface area contributed by atoms with Crippen molar-refractivity contribution in [2.75, 3.05) is 6.54 Å². The molecule has 2 heterocycles. The molecule has 0 spiro atoms. The van der Waals surface area contributed by atoms with Crippen LogP contribution in [0.25, 0.3) is 5.57 Å². The molecule has 3 fully saturated rings. The van der Waals surface area contributed by atoms with Crippen molar-refractivity contribution in [2.24, 2.45) is 34.5 Å². The van der Waals surface area contributed by atoms with E-state index in [0.29, 0.717) is 17.3 Å². The minimum atomic E-state index is 0.228. The summed E-state index contributed by atoms with van der Waals surface area (Å²) in [5.74, 6) is 3.09. The van der Waals surface area contributed by atoms with Crippen molar-refractivity contribution < 1.29 is 4.79 Å². The van der Waals surface area contributed by atoms with Crippen molar-refractivity contribution in [1.29, 1.82) is 0 Å². The zero-order chi connectivity index (χ0) is 19.5. The van der Waals surface area contributed by atoms with Crippen LogP contribution >= 0.6 is 0 Å². The first-order valence-corrected chi connectivity index (χ1v) is 11.2. The molecule has 0 aromatic carbocycles. The van der Waals surface area contributed by atoms with Crippen molar-refractivity contribution in [3.8, 4) is 0 Å². The normalized spacial score (nSPS) is 42.5. The van der Waals surface area contributed by atoms with Crippen LogP contribution in [0.5, 0.6) is 0 Å². The van der Waals surface area contributed by atoms with Gasteiger partial charge < -0.3 is 5.32 Å². The lowest BCUT2D eigenvalue weighted by atomic mass is 9.46. The van der Waals surface area contributed by atoms with Crippen LogP contribution < -0.4 is 5.32 Å². The summed E-state index contributed by atoms with van der Waals surface area (Å²) in [5.41, 5.74) is 4.08. The summed E-state index contributed by atoms with van der Waals surface area (Å²) in [6.45, 7) is 7.89. The van der Waals surface area contributed by atoms with Crippen LogP contribution in [0.15, 0.2) is 18.5 Å². The van der Waals surface area contributed by atoms with Crippen LogP contribution in [0.4, 0.5) is 0 Å². The van der Waals surface area contributed by atoms with E-state index in [1.54, 1.807) is 0 Å². The molecule has 1 amide bonds. The topological polar surface area (TPSA) is 54.9 Å². The number of allylic oxidation sites excluding steroid dienone is 2. The molecule has 6 atom stereocenters. The number of aryl methyl sites for hydroxylation is 1. The Morgan fingerprint density at radius 2 is 1.96 bits per heavy atom.